The molecule has 0 radical (unpaired) electrons. The molecule has 108 valence electrons. The Labute approximate surface area is 119 Å². The standard InChI is InChI=1S/C13H22N2O2S2/c1-13(6-4-3-5-7-13)15-19(16,17)12-8-11(9-14-2)10-18-12/h8,10,14-15H,3-7,9H2,1-2H3. The zero-order valence-corrected chi connectivity index (χ0v) is 13.2. The Morgan fingerprint density at radius 2 is 2.00 bits per heavy atom. The monoisotopic (exact) mass is 302 g/mol. The van der Waals surface area contributed by atoms with Gasteiger partial charge in [-0.05, 0) is 43.8 Å². The first-order valence-electron chi connectivity index (χ1n) is 6.71. The highest BCUT2D eigenvalue weighted by Crippen LogP contribution is 2.30. The third-order valence-electron chi connectivity index (χ3n) is 3.61. The summed E-state index contributed by atoms with van der Waals surface area (Å²) in [5.74, 6) is 0. The van der Waals surface area contributed by atoms with Crippen molar-refractivity contribution in [3.8, 4) is 0 Å². The van der Waals surface area contributed by atoms with E-state index in [1.165, 1.54) is 17.8 Å². The van der Waals surface area contributed by atoms with Crippen LogP contribution in [0.4, 0.5) is 0 Å². The van der Waals surface area contributed by atoms with Crippen LogP contribution in [0.25, 0.3) is 0 Å². The molecular weight excluding hydrogens is 280 g/mol. The predicted octanol–water partition coefficient (Wildman–Crippen LogP) is 2.47. The Morgan fingerprint density at radius 1 is 1.32 bits per heavy atom. The Balaban J connectivity index is 2.12. The number of rotatable bonds is 5. The summed E-state index contributed by atoms with van der Waals surface area (Å²) >= 11 is 1.29. The van der Waals surface area contributed by atoms with Crippen molar-refractivity contribution in [2.24, 2.45) is 0 Å². The van der Waals surface area contributed by atoms with Crippen LogP contribution in [0.5, 0.6) is 0 Å². The molecule has 0 aliphatic heterocycles. The SMILES string of the molecule is CNCc1csc(S(=O)(=O)NC2(C)CCCCC2)c1. The fraction of sp³-hybridized carbons (Fsp3) is 0.692. The fourth-order valence-electron chi connectivity index (χ4n) is 2.60. The summed E-state index contributed by atoms with van der Waals surface area (Å²) in [6.07, 6.45) is 5.29. The topological polar surface area (TPSA) is 58.2 Å². The molecule has 1 fully saturated rings. The number of nitrogens with one attached hydrogen (secondary N) is 2. The Hall–Kier alpha value is -0.430. The molecule has 0 bridgehead atoms. The summed E-state index contributed by atoms with van der Waals surface area (Å²) in [6.45, 7) is 2.72. The minimum absolute atomic E-state index is 0.274. The number of thiophene rings is 1. The average Bonchev–Trinajstić information content (AvgIpc) is 2.78. The largest absolute Gasteiger partial charge is 0.316 e. The van der Waals surface area contributed by atoms with E-state index in [4.69, 9.17) is 0 Å². The van der Waals surface area contributed by atoms with Crippen LogP contribution >= 0.6 is 11.3 Å². The summed E-state index contributed by atoms with van der Waals surface area (Å²) in [5.41, 5.74) is 0.742. The zero-order valence-electron chi connectivity index (χ0n) is 11.5. The lowest BCUT2D eigenvalue weighted by Crippen LogP contribution is -2.46. The van der Waals surface area contributed by atoms with Gasteiger partial charge in [-0.25, -0.2) is 13.1 Å². The molecule has 1 heterocycles. The molecule has 1 aromatic rings. The molecule has 6 heteroatoms. The van der Waals surface area contributed by atoms with Crippen LogP contribution in [0.15, 0.2) is 15.7 Å². The van der Waals surface area contributed by atoms with Crippen LogP contribution in [0, 0.1) is 0 Å². The van der Waals surface area contributed by atoms with Crippen molar-refractivity contribution in [3.05, 3.63) is 17.0 Å². The fourth-order valence-corrected chi connectivity index (χ4v) is 5.27. The van der Waals surface area contributed by atoms with Crippen LogP contribution in [0.3, 0.4) is 0 Å². The summed E-state index contributed by atoms with van der Waals surface area (Å²) in [4.78, 5) is 0. The van der Waals surface area contributed by atoms with E-state index in [2.05, 4.69) is 10.0 Å². The number of sulfonamides is 1. The normalized spacial score (nSPS) is 19.5. The molecular formula is C13H22N2O2S2. The molecule has 1 aliphatic carbocycles. The third kappa shape index (κ3) is 3.78. The van der Waals surface area contributed by atoms with Gasteiger partial charge >= 0.3 is 0 Å². The predicted molar refractivity (Wildman–Crippen MR) is 78.9 cm³/mol. The van der Waals surface area contributed by atoms with Crippen molar-refractivity contribution < 1.29 is 8.42 Å². The van der Waals surface area contributed by atoms with Crippen molar-refractivity contribution in [2.45, 2.75) is 55.3 Å². The van der Waals surface area contributed by atoms with Crippen LogP contribution in [-0.2, 0) is 16.6 Å². The molecule has 1 aromatic heterocycles. The minimum Gasteiger partial charge on any atom is -0.316 e. The molecule has 2 N–H and O–H groups in total. The van der Waals surface area contributed by atoms with Gasteiger partial charge < -0.3 is 5.32 Å². The molecule has 1 saturated carbocycles. The van der Waals surface area contributed by atoms with Gasteiger partial charge in [0, 0.05) is 12.1 Å². The maximum Gasteiger partial charge on any atom is 0.250 e. The first-order chi connectivity index (χ1) is 8.95. The minimum atomic E-state index is -3.38. The Bertz CT molecular complexity index is 517. The maximum absolute atomic E-state index is 12.4. The van der Waals surface area contributed by atoms with E-state index in [-0.39, 0.29) is 5.54 Å². The number of hydrogen-bond acceptors (Lipinski definition) is 4. The van der Waals surface area contributed by atoms with Crippen molar-refractivity contribution in [2.75, 3.05) is 7.05 Å². The van der Waals surface area contributed by atoms with Crippen molar-refractivity contribution >= 4 is 21.4 Å². The maximum atomic E-state index is 12.4. The Kier molecular flexibility index (Phi) is 4.66. The van der Waals surface area contributed by atoms with Crippen molar-refractivity contribution in [3.63, 3.8) is 0 Å². The summed E-state index contributed by atoms with van der Waals surface area (Å²) in [6, 6.07) is 1.76. The first kappa shape index (κ1) is 15.0. The number of hydrogen-bond donors (Lipinski definition) is 2. The van der Waals surface area contributed by atoms with Gasteiger partial charge in [0.1, 0.15) is 4.21 Å². The van der Waals surface area contributed by atoms with E-state index >= 15 is 0 Å². The molecule has 0 saturated heterocycles. The van der Waals surface area contributed by atoms with Crippen LogP contribution < -0.4 is 10.0 Å². The molecule has 4 nitrogen and oxygen atoms in total. The quantitative estimate of drug-likeness (QED) is 0.878. The third-order valence-corrected chi connectivity index (χ3v) is 6.74. The smallest absolute Gasteiger partial charge is 0.250 e. The van der Waals surface area contributed by atoms with Crippen LogP contribution in [0.1, 0.15) is 44.6 Å². The highest BCUT2D eigenvalue weighted by Gasteiger charge is 2.32. The van der Waals surface area contributed by atoms with Gasteiger partial charge in [-0.3, -0.25) is 0 Å². The van der Waals surface area contributed by atoms with Gasteiger partial charge in [-0.15, -0.1) is 11.3 Å². The lowest BCUT2D eigenvalue weighted by molar-refractivity contribution is 0.294. The second-order valence-electron chi connectivity index (χ2n) is 5.53. The molecule has 0 amide bonds. The van der Waals surface area contributed by atoms with Crippen molar-refractivity contribution in [1.82, 2.24) is 10.0 Å². The molecule has 1 aliphatic rings. The summed E-state index contributed by atoms with van der Waals surface area (Å²) < 4.78 is 28.1. The van der Waals surface area contributed by atoms with E-state index in [9.17, 15) is 8.42 Å². The molecule has 0 unspecified atom stereocenters. The summed E-state index contributed by atoms with van der Waals surface area (Å²) in [7, 11) is -1.52. The zero-order chi connectivity index (χ0) is 13.9. The van der Waals surface area contributed by atoms with Gasteiger partial charge in [-0.2, -0.15) is 0 Å². The lowest BCUT2D eigenvalue weighted by atomic mass is 9.84. The van der Waals surface area contributed by atoms with E-state index in [0.717, 1.165) is 31.2 Å². The van der Waals surface area contributed by atoms with E-state index in [1.54, 1.807) is 6.07 Å². The molecule has 0 aromatic carbocycles. The van der Waals surface area contributed by atoms with Crippen LogP contribution in [0.2, 0.25) is 0 Å². The van der Waals surface area contributed by atoms with Crippen LogP contribution in [-0.4, -0.2) is 21.0 Å². The van der Waals surface area contributed by atoms with E-state index < -0.39 is 10.0 Å². The second kappa shape index (κ2) is 5.91. The van der Waals surface area contributed by atoms with E-state index in [1.807, 2.05) is 19.4 Å². The molecule has 2 rings (SSSR count). The first-order valence-corrected chi connectivity index (χ1v) is 9.07. The van der Waals surface area contributed by atoms with Gasteiger partial charge in [0.2, 0.25) is 0 Å². The van der Waals surface area contributed by atoms with E-state index in [0.29, 0.717) is 10.8 Å². The second-order valence-corrected chi connectivity index (χ2v) is 8.35. The highest BCUT2D eigenvalue weighted by atomic mass is 32.2. The lowest BCUT2D eigenvalue weighted by Gasteiger charge is -2.33. The molecule has 0 spiro atoms. The molecule has 0 atom stereocenters. The highest BCUT2D eigenvalue weighted by molar-refractivity contribution is 7.91. The van der Waals surface area contributed by atoms with Gasteiger partial charge in [0.25, 0.3) is 10.0 Å². The van der Waals surface area contributed by atoms with Gasteiger partial charge in [0.05, 0.1) is 0 Å². The average molecular weight is 302 g/mol. The molecule has 19 heavy (non-hydrogen) atoms. The Morgan fingerprint density at radius 3 is 2.63 bits per heavy atom. The van der Waals surface area contributed by atoms with Gasteiger partial charge in [-0.1, -0.05) is 19.3 Å². The summed E-state index contributed by atoms with van der Waals surface area (Å²) in [5, 5.41) is 4.93. The van der Waals surface area contributed by atoms with Crippen molar-refractivity contribution in [1.29, 1.82) is 0 Å². The van der Waals surface area contributed by atoms with Gasteiger partial charge in [0.15, 0.2) is 0 Å².